The molecule has 0 radical (unpaired) electrons. The van der Waals surface area contributed by atoms with Gasteiger partial charge in [-0.15, -0.1) is 11.8 Å². The number of piperazine rings is 1. The molecule has 44 heavy (non-hydrogen) atoms. The summed E-state index contributed by atoms with van der Waals surface area (Å²) in [6, 6.07) is 11.4. The SMILES string of the molecule is CCOP(=O)(CN1CCN(CCC(CSc2ccccc2)=Nc2ccc(S(N)(=O)=O)cc2S(=O)(=O)C(F)(F)F)CC1)OCC. The van der Waals surface area contributed by atoms with Gasteiger partial charge in [-0.1, -0.05) is 18.2 Å². The summed E-state index contributed by atoms with van der Waals surface area (Å²) >= 11 is 1.37. The van der Waals surface area contributed by atoms with Crippen molar-refractivity contribution in [1.29, 1.82) is 0 Å². The summed E-state index contributed by atoms with van der Waals surface area (Å²) in [7, 11) is -13.7. The number of primary sulfonamides is 1. The van der Waals surface area contributed by atoms with Crippen LogP contribution in [0.25, 0.3) is 0 Å². The Morgan fingerprint density at radius 3 is 2.11 bits per heavy atom. The van der Waals surface area contributed by atoms with Crippen molar-refractivity contribution < 1.29 is 43.6 Å². The Kier molecular flexibility index (Phi) is 13.0. The van der Waals surface area contributed by atoms with Crippen molar-refractivity contribution >= 4 is 50.6 Å². The molecule has 1 aliphatic heterocycles. The molecule has 1 aliphatic rings. The van der Waals surface area contributed by atoms with E-state index in [0.717, 1.165) is 17.0 Å². The number of sulfone groups is 1. The summed E-state index contributed by atoms with van der Waals surface area (Å²) < 4.78 is 113. The molecule has 18 heteroatoms. The Bertz CT molecular complexity index is 1540. The molecule has 2 aromatic rings. The number of hydrogen-bond acceptors (Lipinski definition) is 11. The van der Waals surface area contributed by atoms with Crippen LogP contribution in [-0.2, 0) is 33.5 Å². The summed E-state index contributed by atoms with van der Waals surface area (Å²) in [5, 5.41) is 5.06. The zero-order valence-electron chi connectivity index (χ0n) is 24.3. The van der Waals surface area contributed by atoms with Crippen LogP contribution >= 0.6 is 19.4 Å². The number of nitrogens with zero attached hydrogens (tertiary/aromatic N) is 3. The summed E-state index contributed by atoms with van der Waals surface area (Å²) in [6.45, 7) is 6.85. The van der Waals surface area contributed by atoms with Crippen LogP contribution in [0.3, 0.4) is 0 Å². The molecule has 11 nitrogen and oxygen atoms in total. The van der Waals surface area contributed by atoms with Crippen LogP contribution in [-0.4, -0.2) is 95.8 Å². The van der Waals surface area contributed by atoms with Gasteiger partial charge in [-0.3, -0.25) is 14.5 Å². The van der Waals surface area contributed by atoms with Crippen LogP contribution in [0.15, 0.2) is 68.2 Å². The molecule has 0 spiro atoms. The molecule has 3 rings (SSSR count). The van der Waals surface area contributed by atoms with Gasteiger partial charge in [0.05, 0.1) is 23.8 Å². The van der Waals surface area contributed by atoms with E-state index in [4.69, 9.17) is 14.2 Å². The van der Waals surface area contributed by atoms with Crippen LogP contribution < -0.4 is 5.14 Å². The molecule has 0 atom stereocenters. The number of thioether (sulfide) groups is 1. The molecular weight excluding hydrogens is 664 g/mol. The van der Waals surface area contributed by atoms with E-state index in [1.54, 1.807) is 13.8 Å². The molecule has 0 saturated carbocycles. The average Bonchev–Trinajstić information content (AvgIpc) is 2.95. The first-order chi connectivity index (χ1) is 20.6. The van der Waals surface area contributed by atoms with Crippen LogP contribution in [0.4, 0.5) is 18.9 Å². The van der Waals surface area contributed by atoms with Crippen molar-refractivity contribution in [2.75, 3.05) is 58.0 Å². The molecule has 0 bridgehead atoms. The lowest BCUT2D eigenvalue weighted by atomic mass is 10.2. The van der Waals surface area contributed by atoms with E-state index in [-0.39, 0.29) is 25.3 Å². The molecule has 2 N–H and O–H groups in total. The van der Waals surface area contributed by atoms with E-state index in [1.165, 1.54) is 11.8 Å². The predicted octanol–water partition coefficient (Wildman–Crippen LogP) is 4.72. The number of rotatable bonds is 15. The molecule has 0 amide bonds. The fourth-order valence-electron chi connectivity index (χ4n) is 4.32. The third kappa shape index (κ3) is 10.4. The average molecular weight is 701 g/mol. The second-order valence-corrected chi connectivity index (χ2v) is 16.2. The minimum Gasteiger partial charge on any atom is -0.308 e. The zero-order valence-corrected chi connectivity index (χ0v) is 27.6. The van der Waals surface area contributed by atoms with Crippen LogP contribution in [0.2, 0.25) is 0 Å². The smallest absolute Gasteiger partial charge is 0.308 e. The van der Waals surface area contributed by atoms with Gasteiger partial charge in [-0.25, -0.2) is 22.0 Å². The minimum atomic E-state index is -5.96. The van der Waals surface area contributed by atoms with E-state index in [0.29, 0.717) is 50.9 Å². The van der Waals surface area contributed by atoms with Crippen LogP contribution in [0.1, 0.15) is 20.3 Å². The minimum absolute atomic E-state index is 0.161. The number of hydrogen-bond donors (Lipinski definition) is 1. The monoisotopic (exact) mass is 700 g/mol. The van der Waals surface area contributed by atoms with Gasteiger partial charge < -0.3 is 13.9 Å². The highest BCUT2D eigenvalue weighted by atomic mass is 32.2. The van der Waals surface area contributed by atoms with Crippen LogP contribution in [0, 0.1) is 0 Å². The Balaban J connectivity index is 1.85. The fourth-order valence-corrected chi connectivity index (χ4v) is 8.54. The third-order valence-corrected chi connectivity index (χ3v) is 12.0. The Labute approximate surface area is 260 Å². The van der Waals surface area contributed by atoms with E-state index in [9.17, 15) is 34.6 Å². The van der Waals surface area contributed by atoms with Gasteiger partial charge in [-0.2, -0.15) is 13.2 Å². The van der Waals surface area contributed by atoms with Crippen molar-refractivity contribution in [2.45, 2.75) is 40.5 Å². The summed E-state index contributed by atoms with van der Waals surface area (Å²) in [4.78, 5) is 7.24. The predicted molar refractivity (Wildman–Crippen MR) is 164 cm³/mol. The lowest BCUT2D eigenvalue weighted by Gasteiger charge is -2.35. The quantitative estimate of drug-likeness (QED) is 0.157. The summed E-state index contributed by atoms with van der Waals surface area (Å²) in [5.74, 6) is 0.234. The van der Waals surface area contributed by atoms with Gasteiger partial charge >= 0.3 is 13.1 Å². The Hall–Kier alpha value is -1.82. The van der Waals surface area contributed by atoms with Gasteiger partial charge in [0.25, 0.3) is 9.84 Å². The maximum absolute atomic E-state index is 13.6. The number of benzene rings is 2. The molecule has 0 aromatic heterocycles. The fraction of sp³-hybridized carbons (Fsp3) is 0.500. The highest BCUT2D eigenvalue weighted by Crippen LogP contribution is 2.48. The molecule has 0 aliphatic carbocycles. The number of nitrogens with two attached hydrogens (primary N) is 1. The summed E-state index contributed by atoms with van der Waals surface area (Å²) in [6.07, 6.45) is 0.451. The standard InChI is InChI=1S/C26H36F3N4O7PS3/c1-3-39-41(34,40-4-2)20-33-16-14-32(15-17-33)13-12-21(19-42-22-8-6-5-7-9-22)31-24-11-10-23(44(30,37)38)18-25(24)43(35,36)26(27,28)29/h5-11,18H,3-4,12-17,19-20H2,1-2H3,(H2,30,37,38). The molecule has 1 heterocycles. The first-order valence-electron chi connectivity index (χ1n) is 13.6. The van der Waals surface area contributed by atoms with Gasteiger partial charge in [0, 0.05) is 49.1 Å². The molecule has 1 fully saturated rings. The first-order valence-corrected chi connectivity index (χ1v) is 19.4. The lowest BCUT2D eigenvalue weighted by molar-refractivity contribution is -0.0435. The number of halogens is 3. The van der Waals surface area contributed by atoms with Gasteiger partial charge in [0.2, 0.25) is 10.0 Å². The first kappa shape index (κ1) is 36.6. The number of aliphatic imine (C=N–C) groups is 1. The highest BCUT2D eigenvalue weighted by Gasteiger charge is 2.48. The maximum Gasteiger partial charge on any atom is 0.501 e. The lowest BCUT2D eigenvalue weighted by Crippen LogP contribution is -2.47. The van der Waals surface area contributed by atoms with Gasteiger partial charge in [0.1, 0.15) is 11.2 Å². The molecule has 0 unspecified atom stereocenters. The van der Waals surface area contributed by atoms with Gasteiger partial charge in [-0.05, 0) is 50.6 Å². The molecule has 246 valence electrons. The maximum atomic E-state index is 13.6. The summed E-state index contributed by atoms with van der Waals surface area (Å²) in [5.41, 5.74) is -5.83. The highest BCUT2D eigenvalue weighted by molar-refractivity contribution is 8.00. The van der Waals surface area contributed by atoms with Crippen LogP contribution in [0.5, 0.6) is 0 Å². The second kappa shape index (κ2) is 15.6. The van der Waals surface area contributed by atoms with Crippen molar-refractivity contribution in [3.8, 4) is 0 Å². The van der Waals surface area contributed by atoms with Crippen molar-refractivity contribution in [3.05, 3.63) is 48.5 Å². The number of sulfonamides is 1. The number of alkyl halides is 3. The third-order valence-electron chi connectivity index (χ3n) is 6.49. The largest absolute Gasteiger partial charge is 0.501 e. The molecule has 1 saturated heterocycles. The topological polar surface area (TPSA) is 149 Å². The van der Waals surface area contributed by atoms with E-state index >= 15 is 0 Å². The Morgan fingerprint density at radius 2 is 1.57 bits per heavy atom. The van der Waals surface area contributed by atoms with E-state index < -0.39 is 48.4 Å². The van der Waals surface area contributed by atoms with Crippen molar-refractivity contribution in [1.82, 2.24) is 9.80 Å². The van der Waals surface area contributed by atoms with E-state index in [2.05, 4.69) is 9.89 Å². The molecular formula is C26H36F3N4O7PS3. The van der Waals surface area contributed by atoms with Gasteiger partial charge in [0.15, 0.2) is 0 Å². The van der Waals surface area contributed by atoms with E-state index in [1.807, 2.05) is 35.2 Å². The molecule has 2 aromatic carbocycles. The second-order valence-electron chi connectivity index (χ2n) is 9.70. The van der Waals surface area contributed by atoms with Crippen molar-refractivity contribution in [2.24, 2.45) is 10.1 Å². The van der Waals surface area contributed by atoms with Crippen molar-refractivity contribution in [3.63, 3.8) is 0 Å². The Morgan fingerprint density at radius 1 is 0.977 bits per heavy atom. The normalized spacial score (nSPS) is 16.4. The zero-order chi connectivity index (χ0) is 32.6.